The van der Waals surface area contributed by atoms with Gasteiger partial charge in [-0.05, 0) is 199 Å². The van der Waals surface area contributed by atoms with Gasteiger partial charge in [-0.3, -0.25) is 9.59 Å². The van der Waals surface area contributed by atoms with Crippen LogP contribution in [-0.4, -0.2) is 101 Å². The summed E-state index contributed by atoms with van der Waals surface area (Å²) in [5, 5.41) is 28.7. The Morgan fingerprint density at radius 2 is 0.726 bits per heavy atom. The number of hydroxylamine groups is 1. The molecule has 4 N–H and O–H groups in total. The first-order valence-electron chi connectivity index (χ1n) is 23.5. The van der Waals surface area contributed by atoms with Gasteiger partial charge in [0.2, 0.25) is 0 Å². The minimum absolute atomic E-state index is 0.0564. The standard InChI is InChI=1S/C52H83N7O3/c1-45(2)25-39(26-46(3,4)53-45)58(40-27-47(5,6)54-48(7,8)28-40)43(60)37-21-17-35(18-22-37)33-57(62)34-36-19-23-38(24-20-36)44(61)59(41-29-49(9,10)55-50(11,12)30-41)42-31-51(13,14)56-52(15,16)32-42/h17-24,33,39-42,53-56H,25-32,34H2,1-16H3. The lowest BCUT2D eigenvalue weighted by atomic mass is 9.75. The van der Waals surface area contributed by atoms with Crippen LogP contribution in [0.2, 0.25) is 0 Å². The summed E-state index contributed by atoms with van der Waals surface area (Å²) >= 11 is 0. The highest BCUT2D eigenvalue weighted by atomic mass is 16.5. The molecule has 6 rings (SSSR count). The summed E-state index contributed by atoms with van der Waals surface area (Å²) in [5.41, 5.74) is 1.97. The number of carbonyl (C=O) groups excluding carboxylic acids is 2. The molecule has 0 aromatic heterocycles. The third-order valence-corrected chi connectivity index (χ3v) is 13.7. The van der Waals surface area contributed by atoms with Crippen LogP contribution in [0.5, 0.6) is 0 Å². The highest BCUT2D eigenvalue weighted by Gasteiger charge is 2.49. The molecule has 0 unspecified atom stereocenters. The molecule has 62 heavy (non-hydrogen) atoms. The van der Waals surface area contributed by atoms with E-state index in [2.05, 4.69) is 142 Å². The summed E-state index contributed by atoms with van der Waals surface area (Å²) in [6.45, 7) is 36.1. The minimum Gasteiger partial charge on any atom is -0.624 e. The van der Waals surface area contributed by atoms with E-state index in [4.69, 9.17) is 0 Å². The van der Waals surface area contributed by atoms with E-state index in [1.54, 1.807) is 6.21 Å². The normalized spacial score (nSPS) is 25.8. The van der Waals surface area contributed by atoms with Crippen molar-refractivity contribution in [3.05, 3.63) is 76.0 Å². The second kappa shape index (κ2) is 16.6. The average molecular weight is 854 g/mol. The Hall–Kier alpha value is -3.31. The van der Waals surface area contributed by atoms with Crippen LogP contribution < -0.4 is 21.3 Å². The molecule has 0 bridgehead atoms. The zero-order chi connectivity index (χ0) is 46.1. The molecule has 4 aliphatic heterocycles. The van der Waals surface area contributed by atoms with Gasteiger partial charge in [-0.25, -0.2) is 4.74 Å². The van der Waals surface area contributed by atoms with Crippen molar-refractivity contribution in [1.29, 1.82) is 0 Å². The van der Waals surface area contributed by atoms with Crippen molar-refractivity contribution in [2.24, 2.45) is 0 Å². The fourth-order valence-corrected chi connectivity index (χ4v) is 13.3. The molecular weight excluding hydrogens is 771 g/mol. The van der Waals surface area contributed by atoms with Crippen molar-refractivity contribution < 1.29 is 14.3 Å². The smallest absolute Gasteiger partial charge is 0.254 e. The van der Waals surface area contributed by atoms with Crippen molar-refractivity contribution in [2.75, 3.05) is 0 Å². The SMILES string of the molecule is CC1(C)CC(N(C(=O)c2ccc(C=[N+]([O-])Cc3ccc(C(=O)N(C4CC(C)(C)NC(C)(C)C4)C4CC(C)(C)NC(C)(C)C4)cc3)cc2)C2CC(C)(C)NC(C)(C)C2)CC(C)(C)N1. The predicted octanol–water partition coefficient (Wildman–Crippen LogP) is 8.94. The predicted molar refractivity (Wildman–Crippen MR) is 255 cm³/mol. The molecule has 0 atom stereocenters. The molecule has 0 spiro atoms. The van der Waals surface area contributed by atoms with Gasteiger partial charge in [-0.2, -0.15) is 0 Å². The summed E-state index contributed by atoms with van der Waals surface area (Å²) in [5.74, 6) is 0.119. The van der Waals surface area contributed by atoms with E-state index in [1.165, 1.54) is 0 Å². The van der Waals surface area contributed by atoms with E-state index in [-0.39, 0.29) is 86.8 Å². The molecule has 4 saturated heterocycles. The number of benzene rings is 2. The van der Waals surface area contributed by atoms with Gasteiger partial charge in [0.15, 0.2) is 12.8 Å². The molecule has 4 aliphatic rings. The van der Waals surface area contributed by atoms with E-state index in [1.807, 2.05) is 48.5 Å². The molecule has 4 heterocycles. The van der Waals surface area contributed by atoms with Gasteiger partial charge in [-0.1, -0.05) is 12.1 Å². The third kappa shape index (κ3) is 12.1. The first-order chi connectivity index (χ1) is 28.2. The van der Waals surface area contributed by atoms with Crippen LogP contribution in [0.3, 0.4) is 0 Å². The molecule has 10 heteroatoms. The van der Waals surface area contributed by atoms with E-state index < -0.39 is 0 Å². The van der Waals surface area contributed by atoms with Crippen LogP contribution in [0.1, 0.15) is 194 Å². The molecule has 0 aliphatic carbocycles. The molecular formula is C52H83N7O3. The quantitative estimate of drug-likeness (QED) is 0.0863. The summed E-state index contributed by atoms with van der Waals surface area (Å²) in [6, 6.07) is 15.5. The second-order valence-electron chi connectivity index (χ2n) is 25.3. The van der Waals surface area contributed by atoms with Crippen molar-refractivity contribution >= 4 is 18.0 Å². The first kappa shape index (κ1) is 48.2. The van der Waals surface area contributed by atoms with Crippen molar-refractivity contribution in [3.63, 3.8) is 0 Å². The number of carbonyl (C=O) groups is 2. The van der Waals surface area contributed by atoms with Crippen LogP contribution >= 0.6 is 0 Å². The fourth-order valence-electron chi connectivity index (χ4n) is 13.3. The minimum atomic E-state index is -0.112. The van der Waals surface area contributed by atoms with Gasteiger partial charge in [-0.15, -0.1) is 0 Å². The van der Waals surface area contributed by atoms with Gasteiger partial charge in [0.1, 0.15) is 0 Å². The lowest BCUT2D eigenvalue weighted by molar-refractivity contribution is -0.469. The number of amides is 2. The maximum atomic E-state index is 14.7. The summed E-state index contributed by atoms with van der Waals surface area (Å²) in [6.07, 6.45) is 8.60. The van der Waals surface area contributed by atoms with Crippen molar-refractivity contribution in [3.8, 4) is 0 Å². The Morgan fingerprint density at radius 3 is 0.984 bits per heavy atom. The molecule has 2 aromatic rings. The molecule has 0 saturated carbocycles. The third-order valence-electron chi connectivity index (χ3n) is 13.7. The lowest BCUT2D eigenvalue weighted by Gasteiger charge is -2.55. The average Bonchev–Trinajstić information content (AvgIpc) is 3.03. The fraction of sp³-hybridized carbons (Fsp3) is 0.712. The molecule has 2 aromatic carbocycles. The largest absolute Gasteiger partial charge is 0.624 e. The summed E-state index contributed by atoms with van der Waals surface area (Å²) < 4.78 is 0.934. The second-order valence-corrected chi connectivity index (χ2v) is 25.3. The van der Waals surface area contributed by atoms with Crippen molar-refractivity contribution in [2.45, 2.75) is 237 Å². The maximum Gasteiger partial charge on any atom is 0.254 e. The Morgan fingerprint density at radius 1 is 0.484 bits per heavy atom. The molecule has 2 amide bonds. The van der Waals surface area contributed by atoms with E-state index in [0.717, 1.165) is 67.2 Å². The van der Waals surface area contributed by atoms with E-state index in [0.29, 0.717) is 11.1 Å². The van der Waals surface area contributed by atoms with Gasteiger partial charge in [0.25, 0.3) is 11.8 Å². The number of rotatable bonds is 9. The first-order valence-corrected chi connectivity index (χ1v) is 23.5. The Kier molecular flexibility index (Phi) is 12.9. The van der Waals surface area contributed by atoms with E-state index >= 15 is 0 Å². The van der Waals surface area contributed by atoms with Crippen LogP contribution in [0, 0.1) is 5.21 Å². The summed E-state index contributed by atoms with van der Waals surface area (Å²) in [7, 11) is 0. The van der Waals surface area contributed by atoms with Crippen LogP contribution in [0.15, 0.2) is 48.5 Å². The molecule has 4 fully saturated rings. The Labute approximate surface area is 375 Å². The highest BCUT2D eigenvalue weighted by Crippen LogP contribution is 2.41. The molecule has 344 valence electrons. The van der Waals surface area contributed by atoms with E-state index in [9.17, 15) is 14.8 Å². The van der Waals surface area contributed by atoms with Gasteiger partial charge in [0, 0.05) is 90.7 Å². The summed E-state index contributed by atoms with van der Waals surface area (Å²) in [4.78, 5) is 33.9. The zero-order valence-corrected chi connectivity index (χ0v) is 41.4. The highest BCUT2D eigenvalue weighted by molar-refractivity contribution is 5.96. The van der Waals surface area contributed by atoms with Crippen LogP contribution in [0.4, 0.5) is 0 Å². The Bertz CT molecular complexity index is 1830. The lowest BCUT2D eigenvalue weighted by Crippen LogP contribution is -2.67. The number of hydrogen-bond acceptors (Lipinski definition) is 7. The maximum absolute atomic E-state index is 14.7. The topological polar surface area (TPSA) is 115 Å². The van der Waals surface area contributed by atoms with Crippen molar-refractivity contribution in [1.82, 2.24) is 31.1 Å². The molecule has 0 radical (unpaired) electrons. The van der Waals surface area contributed by atoms with Crippen LogP contribution in [0.25, 0.3) is 0 Å². The number of hydrogen-bond donors (Lipinski definition) is 4. The number of nitrogens with one attached hydrogen (secondary N) is 4. The van der Waals surface area contributed by atoms with Gasteiger partial charge < -0.3 is 36.3 Å². The number of nitrogens with zero attached hydrogens (tertiary/aromatic N) is 3. The zero-order valence-electron chi connectivity index (χ0n) is 41.4. The monoisotopic (exact) mass is 854 g/mol. The Balaban J connectivity index is 1.19. The van der Waals surface area contributed by atoms with Gasteiger partial charge >= 0.3 is 0 Å². The number of piperidine rings is 4. The van der Waals surface area contributed by atoms with Crippen LogP contribution in [-0.2, 0) is 6.54 Å². The van der Waals surface area contributed by atoms with Gasteiger partial charge in [0.05, 0.1) is 0 Å². The molecule has 10 nitrogen and oxygen atoms in total.